The van der Waals surface area contributed by atoms with E-state index in [-0.39, 0.29) is 0 Å². The molecule has 0 aliphatic heterocycles. The molecule has 0 radical (unpaired) electrons. The molecule has 1 aromatic rings. The molecule has 0 spiro atoms. The van der Waals surface area contributed by atoms with Crippen LogP contribution in [0.2, 0.25) is 0 Å². The van der Waals surface area contributed by atoms with Crippen LogP contribution in [0.1, 0.15) is 45.6 Å². The third-order valence-electron chi connectivity index (χ3n) is 5.91. The summed E-state index contributed by atoms with van der Waals surface area (Å²) in [6.07, 6.45) is 4.20. The number of fused-ring (bicyclic) bond motifs is 2. The van der Waals surface area contributed by atoms with Crippen LogP contribution in [0.25, 0.3) is 0 Å². The SMILES string of the molecule is COc1cccc(CNC2C3(C)CCC(C3)C2(C)C)c1. The van der Waals surface area contributed by atoms with Crippen molar-refractivity contribution in [2.45, 2.75) is 52.6 Å². The molecule has 2 aliphatic carbocycles. The number of rotatable bonds is 4. The van der Waals surface area contributed by atoms with Crippen molar-refractivity contribution in [1.82, 2.24) is 5.32 Å². The van der Waals surface area contributed by atoms with Crippen LogP contribution < -0.4 is 10.1 Å². The standard InChI is InChI=1S/C18H27NO/c1-17(2)14-8-9-18(3,11-14)16(17)19-12-13-6-5-7-15(10-13)20-4/h5-7,10,14,16,19H,8-9,11-12H2,1-4H3. The molecule has 2 aliphatic rings. The third-order valence-corrected chi connectivity index (χ3v) is 5.91. The Bertz CT molecular complexity index is 491. The molecule has 0 amide bonds. The van der Waals surface area contributed by atoms with Crippen LogP contribution in [0.3, 0.4) is 0 Å². The van der Waals surface area contributed by atoms with E-state index in [1.54, 1.807) is 7.11 Å². The lowest BCUT2D eigenvalue weighted by Crippen LogP contribution is -2.49. The second-order valence-corrected chi connectivity index (χ2v) is 7.58. The summed E-state index contributed by atoms with van der Waals surface area (Å²) < 4.78 is 5.31. The van der Waals surface area contributed by atoms with Gasteiger partial charge in [-0.25, -0.2) is 0 Å². The van der Waals surface area contributed by atoms with Crippen molar-refractivity contribution in [3.63, 3.8) is 0 Å². The molecule has 3 rings (SSSR count). The molecule has 2 saturated carbocycles. The summed E-state index contributed by atoms with van der Waals surface area (Å²) in [4.78, 5) is 0. The van der Waals surface area contributed by atoms with Gasteiger partial charge in [0.15, 0.2) is 0 Å². The van der Waals surface area contributed by atoms with Gasteiger partial charge in [0, 0.05) is 12.6 Å². The lowest BCUT2D eigenvalue weighted by Gasteiger charge is -2.43. The van der Waals surface area contributed by atoms with Crippen molar-refractivity contribution in [2.75, 3.05) is 7.11 Å². The first-order valence-electron chi connectivity index (χ1n) is 7.82. The molecule has 2 heteroatoms. The monoisotopic (exact) mass is 273 g/mol. The molecule has 1 aromatic carbocycles. The fraction of sp³-hybridized carbons (Fsp3) is 0.667. The number of benzene rings is 1. The van der Waals surface area contributed by atoms with Crippen molar-refractivity contribution < 1.29 is 4.74 Å². The van der Waals surface area contributed by atoms with Crippen LogP contribution >= 0.6 is 0 Å². The summed E-state index contributed by atoms with van der Waals surface area (Å²) >= 11 is 0. The largest absolute Gasteiger partial charge is 0.497 e. The van der Waals surface area contributed by atoms with E-state index in [9.17, 15) is 0 Å². The molecule has 0 heterocycles. The van der Waals surface area contributed by atoms with E-state index in [1.807, 2.05) is 6.07 Å². The fourth-order valence-electron chi connectivity index (χ4n) is 4.81. The molecule has 2 nitrogen and oxygen atoms in total. The molecule has 2 bridgehead atoms. The highest BCUT2D eigenvalue weighted by atomic mass is 16.5. The van der Waals surface area contributed by atoms with Gasteiger partial charge in [0.05, 0.1) is 7.11 Å². The Labute approximate surface area is 122 Å². The van der Waals surface area contributed by atoms with Gasteiger partial charge in [0.2, 0.25) is 0 Å². The Hall–Kier alpha value is -1.02. The topological polar surface area (TPSA) is 21.3 Å². The average molecular weight is 273 g/mol. The molecule has 3 unspecified atom stereocenters. The predicted octanol–water partition coefficient (Wildman–Crippen LogP) is 4.00. The van der Waals surface area contributed by atoms with Gasteiger partial charge in [0.1, 0.15) is 5.75 Å². The summed E-state index contributed by atoms with van der Waals surface area (Å²) in [6.45, 7) is 8.31. The van der Waals surface area contributed by atoms with Crippen molar-refractivity contribution in [3.05, 3.63) is 29.8 Å². The minimum absolute atomic E-state index is 0.422. The quantitative estimate of drug-likeness (QED) is 0.895. The summed E-state index contributed by atoms with van der Waals surface area (Å²) in [5.41, 5.74) is 2.23. The Balaban J connectivity index is 1.71. The molecular weight excluding hydrogens is 246 g/mol. The zero-order chi connectivity index (χ0) is 14.4. The van der Waals surface area contributed by atoms with Crippen LogP contribution in [-0.4, -0.2) is 13.2 Å². The van der Waals surface area contributed by atoms with Crippen LogP contribution in [0, 0.1) is 16.7 Å². The van der Waals surface area contributed by atoms with Gasteiger partial charge >= 0.3 is 0 Å². The fourth-order valence-corrected chi connectivity index (χ4v) is 4.81. The lowest BCUT2D eigenvalue weighted by molar-refractivity contribution is 0.108. The highest BCUT2D eigenvalue weighted by Gasteiger charge is 2.58. The molecule has 2 fully saturated rings. The van der Waals surface area contributed by atoms with Gasteiger partial charge in [-0.15, -0.1) is 0 Å². The second-order valence-electron chi connectivity index (χ2n) is 7.58. The number of ether oxygens (including phenoxy) is 1. The van der Waals surface area contributed by atoms with Gasteiger partial charge in [-0.3, -0.25) is 0 Å². The molecule has 1 N–H and O–H groups in total. The molecule has 3 atom stereocenters. The van der Waals surface area contributed by atoms with Crippen LogP contribution in [0.15, 0.2) is 24.3 Å². The zero-order valence-electron chi connectivity index (χ0n) is 13.2. The summed E-state index contributed by atoms with van der Waals surface area (Å²) in [6, 6.07) is 9.02. The minimum Gasteiger partial charge on any atom is -0.497 e. The van der Waals surface area contributed by atoms with Crippen molar-refractivity contribution >= 4 is 0 Å². The Kier molecular flexibility index (Phi) is 3.32. The van der Waals surface area contributed by atoms with E-state index in [0.717, 1.165) is 18.2 Å². The Morgan fingerprint density at radius 3 is 2.75 bits per heavy atom. The number of hydrogen-bond acceptors (Lipinski definition) is 2. The van der Waals surface area contributed by atoms with Crippen LogP contribution in [0.5, 0.6) is 5.75 Å². The zero-order valence-corrected chi connectivity index (χ0v) is 13.2. The highest BCUT2D eigenvalue weighted by molar-refractivity contribution is 5.28. The summed E-state index contributed by atoms with van der Waals surface area (Å²) in [5, 5.41) is 3.86. The molecular formula is C18H27NO. The molecule has 0 aromatic heterocycles. The smallest absolute Gasteiger partial charge is 0.119 e. The van der Waals surface area contributed by atoms with E-state index in [0.29, 0.717) is 16.9 Å². The maximum absolute atomic E-state index is 5.31. The maximum Gasteiger partial charge on any atom is 0.119 e. The second kappa shape index (κ2) is 4.77. The van der Waals surface area contributed by atoms with E-state index < -0.39 is 0 Å². The Morgan fingerprint density at radius 2 is 2.10 bits per heavy atom. The van der Waals surface area contributed by atoms with Gasteiger partial charge in [0.25, 0.3) is 0 Å². The Morgan fingerprint density at radius 1 is 1.30 bits per heavy atom. The first kappa shape index (κ1) is 13.9. The first-order valence-corrected chi connectivity index (χ1v) is 7.82. The lowest BCUT2D eigenvalue weighted by atomic mass is 9.68. The first-order chi connectivity index (χ1) is 9.45. The van der Waals surface area contributed by atoms with Gasteiger partial charge < -0.3 is 10.1 Å². The maximum atomic E-state index is 5.31. The van der Waals surface area contributed by atoms with Gasteiger partial charge in [-0.1, -0.05) is 32.9 Å². The third kappa shape index (κ3) is 2.14. The highest BCUT2D eigenvalue weighted by Crippen LogP contribution is 2.62. The van der Waals surface area contributed by atoms with Crippen molar-refractivity contribution in [2.24, 2.45) is 16.7 Å². The summed E-state index contributed by atoms with van der Waals surface area (Å²) in [7, 11) is 1.73. The summed E-state index contributed by atoms with van der Waals surface area (Å²) in [5.74, 6) is 1.85. The minimum atomic E-state index is 0.422. The van der Waals surface area contributed by atoms with Gasteiger partial charge in [-0.05, 0) is 53.7 Å². The van der Waals surface area contributed by atoms with Gasteiger partial charge in [-0.2, -0.15) is 0 Å². The number of hydrogen-bond donors (Lipinski definition) is 1. The number of methoxy groups -OCH3 is 1. The normalized spacial score (nSPS) is 34.4. The van der Waals surface area contributed by atoms with E-state index in [4.69, 9.17) is 4.74 Å². The van der Waals surface area contributed by atoms with Crippen molar-refractivity contribution in [1.29, 1.82) is 0 Å². The molecule has 110 valence electrons. The van der Waals surface area contributed by atoms with E-state index in [2.05, 4.69) is 44.3 Å². The van der Waals surface area contributed by atoms with E-state index >= 15 is 0 Å². The van der Waals surface area contributed by atoms with Crippen LogP contribution in [-0.2, 0) is 6.54 Å². The predicted molar refractivity (Wildman–Crippen MR) is 82.9 cm³/mol. The van der Waals surface area contributed by atoms with Crippen LogP contribution in [0.4, 0.5) is 0 Å². The van der Waals surface area contributed by atoms with Crippen molar-refractivity contribution in [3.8, 4) is 5.75 Å². The number of nitrogens with one attached hydrogen (secondary N) is 1. The van der Waals surface area contributed by atoms with E-state index in [1.165, 1.54) is 24.8 Å². The average Bonchev–Trinajstić information content (AvgIpc) is 2.89. The molecule has 20 heavy (non-hydrogen) atoms. The molecule has 0 saturated heterocycles.